The highest BCUT2D eigenvalue weighted by molar-refractivity contribution is 7.56. The van der Waals surface area contributed by atoms with E-state index in [9.17, 15) is 9.36 Å². The summed E-state index contributed by atoms with van der Waals surface area (Å²) in [6.45, 7) is 3.21. The van der Waals surface area contributed by atoms with E-state index in [-0.39, 0.29) is 24.0 Å². The van der Waals surface area contributed by atoms with Crippen molar-refractivity contribution in [3.05, 3.63) is 11.0 Å². The van der Waals surface area contributed by atoms with Crippen LogP contribution < -0.4 is 5.48 Å². The third kappa shape index (κ3) is 4.32. The first-order valence-electron chi connectivity index (χ1n) is 4.63. The number of allylic oxidation sites excluding steroid dienone is 1. The lowest BCUT2D eigenvalue weighted by molar-refractivity contribution is -0.140. The molecule has 0 aliphatic heterocycles. The zero-order chi connectivity index (χ0) is 12.8. The van der Waals surface area contributed by atoms with Crippen LogP contribution in [0.25, 0.3) is 0 Å². The van der Waals surface area contributed by atoms with Gasteiger partial charge in [0, 0.05) is 0 Å². The van der Waals surface area contributed by atoms with E-state index in [1.165, 1.54) is 14.0 Å². The van der Waals surface area contributed by atoms with Crippen molar-refractivity contribution >= 4 is 13.6 Å². The second-order valence-corrected chi connectivity index (χ2v) is 4.37. The third-order valence-corrected chi connectivity index (χ3v) is 2.90. The Bertz CT molecular complexity index is 320. The molecule has 0 unspecified atom stereocenters. The molecule has 0 saturated heterocycles. The molecule has 0 atom stereocenters. The summed E-state index contributed by atoms with van der Waals surface area (Å²) in [6.07, 6.45) is 0.00872. The Morgan fingerprint density at radius 3 is 2.25 bits per heavy atom. The molecule has 0 radical (unpaired) electrons. The molecule has 0 heterocycles. The molecular weight excluding hydrogens is 237 g/mol. The van der Waals surface area contributed by atoms with Crippen LogP contribution in [0.4, 0.5) is 0 Å². The van der Waals surface area contributed by atoms with Gasteiger partial charge < -0.3 is 14.5 Å². The van der Waals surface area contributed by atoms with Gasteiger partial charge in [-0.3, -0.25) is 14.9 Å². The van der Waals surface area contributed by atoms with Crippen LogP contribution in [0.5, 0.6) is 0 Å². The summed E-state index contributed by atoms with van der Waals surface area (Å²) < 4.78 is 15.8. The molecule has 0 aliphatic rings. The SMILES string of the molecule is CCOC(=O)C(NOC)=C(CC)P(=O)(O)O. The van der Waals surface area contributed by atoms with Crippen LogP contribution in [0.2, 0.25) is 0 Å². The Morgan fingerprint density at radius 2 is 1.94 bits per heavy atom. The van der Waals surface area contributed by atoms with Gasteiger partial charge in [-0.05, 0) is 13.3 Å². The van der Waals surface area contributed by atoms with E-state index in [0.717, 1.165) is 0 Å². The van der Waals surface area contributed by atoms with Crippen molar-refractivity contribution < 1.29 is 28.7 Å². The average molecular weight is 253 g/mol. The molecule has 0 aromatic rings. The van der Waals surface area contributed by atoms with Crippen LogP contribution in [0.15, 0.2) is 11.0 Å². The summed E-state index contributed by atoms with van der Waals surface area (Å²) in [5, 5.41) is -0.340. The van der Waals surface area contributed by atoms with Crippen LogP contribution in [0.3, 0.4) is 0 Å². The molecule has 0 fully saturated rings. The molecule has 8 heteroatoms. The van der Waals surface area contributed by atoms with E-state index in [0.29, 0.717) is 0 Å². The first kappa shape index (κ1) is 15.1. The number of esters is 1. The minimum atomic E-state index is -4.50. The maximum absolute atomic E-state index is 11.4. The van der Waals surface area contributed by atoms with Gasteiger partial charge in [0.15, 0.2) is 5.70 Å². The van der Waals surface area contributed by atoms with E-state index in [2.05, 4.69) is 15.1 Å². The number of ether oxygens (including phenoxy) is 1. The van der Waals surface area contributed by atoms with Gasteiger partial charge in [0.25, 0.3) is 0 Å². The van der Waals surface area contributed by atoms with E-state index in [1.807, 2.05) is 0 Å². The van der Waals surface area contributed by atoms with Crippen LogP contribution in [-0.2, 0) is 18.9 Å². The minimum Gasteiger partial charge on any atom is -0.461 e. The predicted octanol–water partition coefficient (Wildman–Crippen LogP) is 0.500. The third-order valence-electron chi connectivity index (χ3n) is 1.66. The molecule has 0 rings (SSSR count). The summed E-state index contributed by atoms with van der Waals surface area (Å²) in [5.74, 6) is -0.857. The van der Waals surface area contributed by atoms with E-state index in [1.54, 1.807) is 6.92 Å². The lowest BCUT2D eigenvalue weighted by Crippen LogP contribution is -2.23. The van der Waals surface area contributed by atoms with Crippen molar-refractivity contribution in [1.29, 1.82) is 0 Å². The zero-order valence-electron chi connectivity index (χ0n) is 9.39. The molecule has 0 aromatic carbocycles. The van der Waals surface area contributed by atoms with Crippen molar-refractivity contribution in [3.8, 4) is 0 Å². The first-order chi connectivity index (χ1) is 7.38. The Kier molecular flexibility index (Phi) is 6.28. The monoisotopic (exact) mass is 253 g/mol. The van der Waals surface area contributed by atoms with Crippen LogP contribution in [-0.4, -0.2) is 29.5 Å². The second-order valence-electron chi connectivity index (χ2n) is 2.75. The van der Waals surface area contributed by atoms with Gasteiger partial charge in [0.1, 0.15) is 0 Å². The first-order valence-corrected chi connectivity index (χ1v) is 6.25. The molecule has 7 nitrogen and oxygen atoms in total. The van der Waals surface area contributed by atoms with Gasteiger partial charge in [-0.1, -0.05) is 6.92 Å². The fraction of sp³-hybridized carbons (Fsp3) is 0.625. The normalized spacial score (nSPS) is 13.1. The minimum absolute atomic E-state index is 0.00872. The molecule has 94 valence electrons. The Balaban J connectivity index is 5.33. The van der Waals surface area contributed by atoms with Gasteiger partial charge in [0.2, 0.25) is 0 Å². The van der Waals surface area contributed by atoms with Crippen molar-refractivity contribution in [2.75, 3.05) is 13.7 Å². The van der Waals surface area contributed by atoms with E-state index >= 15 is 0 Å². The highest BCUT2D eigenvalue weighted by Gasteiger charge is 2.28. The topological polar surface area (TPSA) is 105 Å². The van der Waals surface area contributed by atoms with Crippen molar-refractivity contribution in [2.45, 2.75) is 20.3 Å². The Labute approximate surface area is 93.5 Å². The lowest BCUT2D eigenvalue weighted by Gasteiger charge is -2.14. The molecule has 3 N–H and O–H groups in total. The van der Waals surface area contributed by atoms with Crippen LogP contribution >= 0.6 is 7.60 Å². The number of nitrogens with one attached hydrogen (secondary N) is 1. The highest BCUT2D eigenvalue weighted by Crippen LogP contribution is 2.47. The fourth-order valence-electron chi connectivity index (χ4n) is 1.05. The smallest absolute Gasteiger partial charge is 0.357 e. The zero-order valence-corrected chi connectivity index (χ0v) is 10.3. The maximum Gasteiger partial charge on any atom is 0.357 e. The van der Waals surface area contributed by atoms with Gasteiger partial charge in [0.05, 0.1) is 19.0 Å². The van der Waals surface area contributed by atoms with E-state index in [4.69, 9.17) is 9.79 Å². The summed E-state index contributed by atoms with van der Waals surface area (Å²) in [6, 6.07) is 0. The van der Waals surface area contributed by atoms with E-state index < -0.39 is 13.6 Å². The molecule has 0 aromatic heterocycles. The molecular formula is C8H16NO6P. The molecule has 0 saturated carbocycles. The fourth-order valence-corrected chi connectivity index (χ4v) is 1.89. The summed E-state index contributed by atoms with van der Waals surface area (Å²) >= 11 is 0. The van der Waals surface area contributed by atoms with Gasteiger partial charge >= 0.3 is 13.6 Å². The van der Waals surface area contributed by atoms with Crippen molar-refractivity contribution in [3.63, 3.8) is 0 Å². The lowest BCUT2D eigenvalue weighted by atomic mass is 10.3. The molecule has 0 aliphatic carbocycles. The number of carbonyl (C=O) groups is 1. The van der Waals surface area contributed by atoms with Gasteiger partial charge in [-0.2, -0.15) is 0 Å². The number of carbonyl (C=O) groups excluding carboxylic acids is 1. The number of hydroxylamine groups is 1. The quantitative estimate of drug-likeness (QED) is 0.274. The summed E-state index contributed by atoms with van der Waals surface area (Å²) in [7, 11) is -3.27. The van der Waals surface area contributed by atoms with Crippen molar-refractivity contribution in [2.24, 2.45) is 0 Å². The highest BCUT2D eigenvalue weighted by atomic mass is 31.2. The molecule has 0 amide bonds. The van der Waals surface area contributed by atoms with Gasteiger partial charge in [-0.25, -0.2) is 4.79 Å². The average Bonchev–Trinajstić information content (AvgIpc) is 2.16. The number of hydrogen-bond donors (Lipinski definition) is 3. The summed E-state index contributed by atoms with van der Waals surface area (Å²) in [5.41, 5.74) is 1.79. The largest absolute Gasteiger partial charge is 0.461 e. The van der Waals surface area contributed by atoms with Crippen LogP contribution in [0.1, 0.15) is 20.3 Å². The maximum atomic E-state index is 11.4. The number of rotatable bonds is 6. The van der Waals surface area contributed by atoms with Crippen LogP contribution in [0, 0.1) is 0 Å². The molecule has 0 bridgehead atoms. The second kappa shape index (κ2) is 6.65. The standard InChI is InChI=1S/C8H16NO6P/c1-4-6(16(11,12)13)7(9-14-3)8(10)15-5-2/h9H,4-5H2,1-3H3,(H2,11,12,13). The molecule has 0 spiro atoms. The Morgan fingerprint density at radius 1 is 1.38 bits per heavy atom. The molecule has 16 heavy (non-hydrogen) atoms. The number of hydrogen-bond acceptors (Lipinski definition) is 5. The van der Waals surface area contributed by atoms with Crippen molar-refractivity contribution in [1.82, 2.24) is 5.48 Å². The predicted molar refractivity (Wildman–Crippen MR) is 56.1 cm³/mol. The van der Waals surface area contributed by atoms with Gasteiger partial charge in [-0.15, -0.1) is 0 Å². The summed E-state index contributed by atoms with van der Waals surface area (Å²) in [4.78, 5) is 34.0. The Hall–Kier alpha value is -0.880.